The van der Waals surface area contributed by atoms with Gasteiger partial charge < -0.3 is 5.73 Å². The third-order valence-electron chi connectivity index (χ3n) is 2.34. The first kappa shape index (κ1) is 12.1. The molecule has 15 heavy (non-hydrogen) atoms. The Morgan fingerprint density at radius 2 is 2.13 bits per heavy atom. The van der Waals surface area contributed by atoms with Gasteiger partial charge in [0.1, 0.15) is 0 Å². The summed E-state index contributed by atoms with van der Waals surface area (Å²) in [7, 11) is 0. The lowest BCUT2D eigenvalue weighted by molar-refractivity contribution is 0.803. The summed E-state index contributed by atoms with van der Waals surface area (Å²) in [6.45, 7) is 4.22. The summed E-state index contributed by atoms with van der Waals surface area (Å²) in [6.07, 6.45) is 0.744. The first-order chi connectivity index (χ1) is 7.13. The van der Waals surface area contributed by atoms with E-state index in [4.69, 9.17) is 11.0 Å². The van der Waals surface area contributed by atoms with Crippen molar-refractivity contribution in [3.8, 4) is 6.07 Å². The molecule has 0 aliphatic carbocycles. The quantitative estimate of drug-likeness (QED) is 0.794. The standard InChI is InChI=1S/C12H16N2S/c1-9-3-4-12(7-10(9)2)15-6-5-11(14)8-13/h3-4,7,11H,5-6,14H2,1-2H3. The Morgan fingerprint density at radius 1 is 1.40 bits per heavy atom. The number of hydrogen-bond donors (Lipinski definition) is 1. The highest BCUT2D eigenvalue weighted by Crippen LogP contribution is 2.21. The van der Waals surface area contributed by atoms with Crippen LogP contribution >= 0.6 is 11.8 Å². The number of nitrogens with two attached hydrogens (primary N) is 1. The van der Waals surface area contributed by atoms with Crippen LogP contribution < -0.4 is 5.73 Å². The van der Waals surface area contributed by atoms with E-state index in [1.807, 2.05) is 6.07 Å². The van der Waals surface area contributed by atoms with E-state index in [0.29, 0.717) is 0 Å². The van der Waals surface area contributed by atoms with E-state index in [1.54, 1.807) is 11.8 Å². The van der Waals surface area contributed by atoms with Crippen molar-refractivity contribution in [2.45, 2.75) is 31.2 Å². The Kier molecular flexibility index (Phi) is 4.67. The van der Waals surface area contributed by atoms with Gasteiger partial charge in [-0.25, -0.2) is 0 Å². The van der Waals surface area contributed by atoms with E-state index < -0.39 is 0 Å². The fraction of sp³-hybridized carbons (Fsp3) is 0.417. The molecule has 1 rings (SSSR count). The van der Waals surface area contributed by atoms with Crippen molar-refractivity contribution in [3.63, 3.8) is 0 Å². The smallest absolute Gasteiger partial charge is 0.0936 e. The molecule has 0 bridgehead atoms. The van der Waals surface area contributed by atoms with Gasteiger partial charge in [-0.3, -0.25) is 0 Å². The predicted molar refractivity (Wildman–Crippen MR) is 64.8 cm³/mol. The fourth-order valence-corrected chi connectivity index (χ4v) is 2.20. The molecule has 1 atom stereocenters. The first-order valence-electron chi connectivity index (χ1n) is 4.98. The number of rotatable bonds is 4. The van der Waals surface area contributed by atoms with Crippen molar-refractivity contribution in [2.75, 3.05) is 5.75 Å². The van der Waals surface area contributed by atoms with Gasteiger partial charge in [0.15, 0.2) is 0 Å². The average Bonchev–Trinajstić information content (AvgIpc) is 2.23. The van der Waals surface area contributed by atoms with Crippen molar-refractivity contribution in [3.05, 3.63) is 29.3 Å². The highest BCUT2D eigenvalue weighted by atomic mass is 32.2. The van der Waals surface area contributed by atoms with Gasteiger partial charge in [-0.15, -0.1) is 11.8 Å². The maximum Gasteiger partial charge on any atom is 0.0936 e. The Labute approximate surface area is 95.5 Å². The lowest BCUT2D eigenvalue weighted by atomic mass is 10.1. The molecule has 2 nitrogen and oxygen atoms in total. The zero-order valence-corrected chi connectivity index (χ0v) is 9.97. The van der Waals surface area contributed by atoms with E-state index in [9.17, 15) is 0 Å². The minimum Gasteiger partial charge on any atom is -0.316 e. The Hall–Kier alpha value is -0.980. The Bertz CT molecular complexity index is 368. The molecule has 0 aliphatic rings. The van der Waals surface area contributed by atoms with Crippen LogP contribution in [0.3, 0.4) is 0 Å². The largest absolute Gasteiger partial charge is 0.316 e. The van der Waals surface area contributed by atoms with Crippen LogP contribution in [0.5, 0.6) is 0 Å². The van der Waals surface area contributed by atoms with Gasteiger partial charge in [-0.05, 0) is 43.5 Å². The van der Waals surface area contributed by atoms with Gasteiger partial charge >= 0.3 is 0 Å². The lowest BCUT2D eigenvalue weighted by Gasteiger charge is -2.05. The second-order valence-electron chi connectivity index (χ2n) is 3.62. The lowest BCUT2D eigenvalue weighted by Crippen LogP contribution is -2.17. The number of thioether (sulfide) groups is 1. The maximum atomic E-state index is 8.53. The molecule has 0 amide bonds. The summed E-state index contributed by atoms with van der Waals surface area (Å²) in [4.78, 5) is 1.25. The third-order valence-corrected chi connectivity index (χ3v) is 3.37. The number of nitrogens with zero attached hydrogens (tertiary/aromatic N) is 1. The molecule has 80 valence electrons. The Morgan fingerprint density at radius 3 is 2.73 bits per heavy atom. The molecule has 1 unspecified atom stereocenters. The van der Waals surface area contributed by atoms with Gasteiger partial charge in [-0.2, -0.15) is 5.26 Å². The van der Waals surface area contributed by atoms with E-state index in [1.165, 1.54) is 16.0 Å². The van der Waals surface area contributed by atoms with Crippen molar-refractivity contribution in [1.82, 2.24) is 0 Å². The fourth-order valence-electron chi connectivity index (χ4n) is 1.17. The first-order valence-corrected chi connectivity index (χ1v) is 5.97. The van der Waals surface area contributed by atoms with Crippen LogP contribution in [-0.4, -0.2) is 11.8 Å². The van der Waals surface area contributed by atoms with Crippen LogP contribution in [0.1, 0.15) is 17.5 Å². The third kappa shape index (κ3) is 3.94. The van der Waals surface area contributed by atoms with Crippen molar-refractivity contribution in [2.24, 2.45) is 5.73 Å². The molecule has 0 spiro atoms. The van der Waals surface area contributed by atoms with Crippen LogP contribution in [0.25, 0.3) is 0 Å². The van der Waals surface area contributed by atoms with Crippen LogP contribution in [-0.2, 0) is 0 Å². The van der Waals surface area contributed by atoms with Gasteiger partial charge in [0.2, 0.25) is 0 Å². The molecule has 0 saturated carbocycles. The normalized spacial score (nSPS) is 12.1. The van der Waals surface area contributed by atoms with Crippen LogP contribution in [0.4, 0.5) is 0 Å². The summed E-state index contributed by atoms with van der Waals surface area (Å²) in [5.41, 5.74) is 8.14. The molecule has 3 heteroatoms. The van der Waals surface area contributed by atoms with E-state index >= 15 is 0 Å². The molecular weight excluding hydrogens is 204 g/mol. The molecular formula is C12H16N2S. The molecule has 0 heterocycles. The number of benzene rings is 1. The predicted octanol–water partition coefficient (Wildman–Crippen LogP) is 2.64. The second kappa shape index (κ2) is 5.79. The van der Waals surface area contributed by atoms with Gasteiger partial charge in [0.25, 0.3) is 0 Å². The van der Waals surface area contributed by atoms with E-state index in [0.717, 1.165) is 12.2 Å². The number of nitriles is 1. The zero-order chi connectivity index (χ0) is 11.3. The molecule has 2 N–H and O–H groups in total. The average molecular weight is 220 g/mol. The van der Waals surface area contributed by atoms with Crippen LogP contribution in [0, 0.1) is 25.2 Å². The molecule has 0 fully saturated rings. The molecule has 0 aliphatic heterocycles. The summed E-state index contributed by atoms with van der Waals surface area (Å²) >= 11 is 1.76. The number of hydrogen-bond acceptors (Lipinski definition) is 3. The van der Waals surface area contributed by atoms with Crippen LogP contribution in [0.15, 0.2) is 23.1 Å². The summed E-state index contributed by atoms with van der Waals surface area (Å²) < 4.78 is 0. The van der Waals surface area contributed by atoms with Crippen molar-refractivity contribution >= 4 is 11.8 Å². The second-order valence-corrected chi connectivity index (χ2v) is 4.79. The SMILES string of the molecule is Cc1ccc(SCCC(N)C#N)cc1C. The van der Waals surface area contributed by atoms with E-state index in [2.05, 4.69) is 32.0 Å². The highest BCUT2D eigenvalue weighted by Gasteiger charge is 2.01. The van der Waals surface area contributed by atoms with Crippen molar-refractivity contribution in [1.29, 1.82) is 5.26 Å². The zero-order valence-electron chi connectivity index (χ0n) is 9.16. The van der Waals surface area contributed by atoms with Gasteiger partial charge in [0.05, 0.1) is 12.1 Å². The van der Waals surface area contributed by atoms with Gasteiger partial charge in [-0.1, -0.05) is 6.07 Å². The number of aryl methyl sites for hydroxylation is 2. The topological polar surface area (TPSA) is 49.8 Å². The Balaban J connectivity index is 2.45. The monoisotopic (exact) mass is 220 g/mol. The molecule has 1 aromatic carbocycles. The van der Waals surface area contributed by atoms with Crippen molar-refractivity contribution < 1.29 is 0 Å². The molecule has 0 saturated heterocycles. The summed E-state index contributed by atoms with van der Waals surface area (Å²) in [5.74, 6) is 0.900. The van der Waals surface area contributed by atoms with Crippen LogP contribution in [0.2, 0.25) is 0 Å². The van der Waals surface area contributed by atoms with E-state index in [-0.39, 0.29) is 6.04 Å². The minimum atomic E-state index is -0.330. The molecule has 0 radical (unpaired) electrons. The minimum absolute atomic E-state index is 0.330. The maximum absolute atomic E-state index is 8.53. The molecule has 1 aromatic rings. The highest BCUT2D eigenvalue weighted by molar-refractivity contribution is 7.99. The summed E-state index contributed by atoms with van der Waals surface area (Å²) in [6, 6.07) is 8.13. The summed E-state index contributed by atoms with van der Waals surface area (Å²) in [5, 5.41) is 8.53. The molecule has 0 aromatic heterocycles. The van der Waals surface area contributed by atoms with Gasteiger partial charge in [0, 0.05) is 10.6 Å².